The molecule has 0 fully saturated rings. The molecular formula is C21H16Br2N2. The van der Waals surface area contributed by atoms with E-state index in [0.717, 1.165) is 21.1 Å². The average molecular weight is 456 g/mol. The van der Waals surface area contributed by atoms with Gasteiger partial charge in [-0.2, -0.15) is 5.10 Å². The van der Waals surface area contributed by atoms with Crippen LogP contribution in [0, 0.1) is 0 Å². The minimum atomic E-state index is -0.344. The highest BCUT2D eigenvalue weighted by molar-refractivity contribution is 9.10. The Bertz CT molecular complexity index is 842. The molecule has 0 saturated carbocycles. The third-order valence-electron chi connectivity index (χ3n) is 4.59. The Morgan fingerprint density at radius 2 is 1.24 bits per heavy atom. The number of nitrogens with zero attached hydrogens (tertiary/aromatic N) is 2. The molecule has 0 saturated heterocycles. The van der Waals surface area contributed by atoms with Crippen molar-refractivity contribution in [3.63, 3.8) is 0 Å². The van der Waals surface area contributed by atoms with Gasteiger partial charge in [-0.05, 0) is 47.5 Å². The van der Waals surface area contributed by atoms with Crippen molar-refractivity contribution in [2.75, 3.05) is 5.01 Å². The predicted octanol–water partition coefficient (Wildman–Crippen LogP) is 6.35. The lowest BCUT2D eigenvalue weighted by atomic mass is 9.80. The highest BCUT2D eigenvalue weighted by Gasteiger charge is 2.43. The topological polar surface area (TPSA) is 15.6 Å². The summed E-state index contributed by atoms with van der Waals surface area (Å²) in [5.74, 6) is 0. The smallest absolute Gasteiger partial charge is 0.118 e. The molecule has 3 aromatic carbocycles. The average Bonchev–Trinajstić information content (AvgIpc) is 3.09. The van der Waals surface area contributed by atoms with Crippen molar-refractivity contribution < 1.29 is 0 Å². The molecule has 2 nitrogen and oxygen atoms in total. The Labute approximate surface area is 164 Å². The molecule has 0 atom stereocenters. The minimum absolute atomic E-state index is 0.344. The van der Waals surface area contributed by atoms with E-state index in [0.29, 0.717) is 0 Å². The van der Waals surface area contributed by atoms with Crippen molar-refractivity contribution in [2.24, 2.45) is 5.10 Å². The first-order valence-corrected chi connectivity index (χ1v) is 9.68. The van der Waals surface area contributed by atoms with Gasteiger partial charge in [-0.1, -0.05) is 74.3 Å². The third kappa shape index (κ3) is 2.94. The minimum Gasteiger partial charge on any atom is -0.250 e. The first-order valence-electron chi connectivity index (χ1n) is 8.10. The number of benzene rings is 3. The molecule has 0 aliphatic carbocycles. The van der Waals surface area contributed by atoms with Crippen molar-refractivity contribution in [1.29, 1.82) is 0 Å². The summed E-state index contributed by atoms with van der Waals surface area (Å²) in [4.78, 5) is 0. The number of halogens is 2. The summed E-state index contributed by atoms with van der Waals surface area (Å²) in [6.07, 6.45) is 2.84. The summed E-state index contributed by atoms with van der Waals surface area (Å²) in [6, 6.07) is 27.4. The summed E-state index contributed by atoms with van der Waals surface area (Å²) in [5.41, 5.74) is 3.18. The van der Waals surface area contributed by atoms with Crippen LogP contribution in [0.2, 0.25) is 0 Å². The Kier molecular flexibility index (Phi) is 4.48. The van der Waals surface area contributed by atoms with E-state index >= 15 is 0 Å². The second-order valence-electron chi connectivity index (χ2n) is 6.02. The zero-order valence-electron chi connectivity index (χ0n) is 13.4. The van der Waals surface area contributed by atoms with Crippen molar-refractivity contribution >= 4 is 43.8 Å². The van der Waals surface area contributed by atoms with Gasteiger partial charge in [-0.3, -0.25) is 5.01 Å². The van der Waals surface area contributed by atoms with Gasteiger partial charge in [0.15, 0.2) is 0 Å². The molecular weight excluding hydrogens is 440 g/mol. The molecule has 4 heteroatoms. The van der Waals surface area contributed by atoms with Gasteiger partial charge < -0.3 is 0 Å². The van der Waals surface area contributed by atoms with Crippen LogP contribution in [0.25, 0.3) is 0 Å². The van der Waals surface area contributed by atoms with Crippen LogP contribution >= 0.6 is 31.9 Å². The fraction of sp³-hybridized carbons (Fsp3) is 0.0952. The number of hydrogen-bond donors (Lipinski definition) is 0. The fourth-order valence-corrected chi connectivity index (χ4v) is 3.92. The monoisotopic (exact) mass is 454 g/mol. The van der Waals surface area contributed by atoms with E-state index in [4.69, 9.17) is 5.10 Å². The molecule has 25 heavy (non-hydrogen) atoms. The van der Waals surface area contributed by atoms with Crippen LogP contribution in [0.3, 0.4) is 0 Å². The van der Waals surface area contributed by atoms with E-state index in [2.05, 4.69) is 110 Å². The molecule has 1 heterocycles. The lowest BCUT2D eigenvalue weighted by Gasteiger charge is -2.39. The van der Waals surface area contributed by atoms with Crippen LogP contribution < -0.4 is 5.01 Å². The van der Waals surface area contributed by atoms with Gasteiger partial charge >= 0.3 is 0 Å². The lowest BCUT2D eigenvalue weighted by Crippen LogP contribution is -2.41. The summed E-state index contributed by atoms with van der Waals surface area (Å²) < 4.78 is 2.15. The van der Waals surface area contributed by atoms with E-state index in [1.807, 2.05) is 12.3 Å². The third-order valence-corrected chi connectivity index (χ3v) is 5.65. The number of anilines is 1. The summed E-state index contributed by atoms with van der Waals surface area (Å²) in [5, 5.41) is 6.88. The van der Waals surface area contributed by atoms with E-state index in [1.165, 1.54) is 11.1 Å². The normalized spacial score (nSPS) is 15.5. The highest BCUT2D eigenvalue weighted by Crippen LogP contribution is 2.44. The van der Waals surface area contributed by atoms with Crippen LogP contribution in [0.5, 0.6) is 0 Å². The molecule has 0 bridgehead atoms. The van der Waals surface area contributed by atoms with Crippen molar-refractivity contribution in [3.8, 4) is 0 Å². The maximum absolute atomic E-state index is 4.74. The van der Waals surface area contributed by atoms with Crippen LogP contribution in [0.4, 0.5) is 5.69 Å². The predicted molar refractivity (Wildman–Crippen MR) is 111 cm³/mol. The van der Waals surface area contributed by atoms with E-state index < -0.39 is 0 Å². The maximum Gasteiger partial charge on any atom is 0.118 e. The van der Waals surface area contributed by atoms with E-state index in [-0.39, 0.29) is 5.54 Å². The van der Waals surface area contributed by atoms with Crippen LogP contribution in [-0.2, 0) is 5.54 Å². The van der Waals surface area contributed by atoms with Crippen LogP contribution in [0.1, 0.15) is 17.5 Å². The highest BCUT2D eigenvalue weighted by atomic mass is 79.9. The van der Waals surface area contributed by atoms with Crippen molar-refractivity contribution in [3.05, 3.63) is 98.9 Å². The fourth-order valence-electron chi connectivity index (χ4n) is 3.39. The van der Waals surface area contributed by atoms with E-state index in [1.54, 1.807) is 0 Å². The molecule has 0 amide bonds. The Hall–Kier alpha value is -1.91. The van der Waals surface area contributed by atoms with Gasteiger partial charge in [-0.25, -0.2) is 0 Å². The van der Waals surface area contributed by atoms with Gasteiger partial charge in [-0.15, -0.1) is 0 Å². The first-order chi connectivity index (χ1) is 12.2. The largest absolute Gasteiger partial charge is 0.250 e. The SMILES string of the molecule is Brc1ccc(C2(c3ccc(Br)cc3)CC=NN2c2ccccc2)cc1. The Balaban J connectivity index is 1.92. The van der Waals surface area contributed by atoms with Crippen LogP contribution in [-0.4, -0.2) is 6.21 Å². The van der Waals surface area contributed by atoms with Gasteiger partial charge in [0.05, 0.1) is 5.69 Å². The summed E-state index contributed by atoms with van der Waals surface area (Å²) >= 11 is 7.09. The van der Waals surface area contributed by atoms with Gasteiger partial charge in [0.2, 0.25) is 0 Å². The molecule has 1 aliphatic heterocycles. The van der Waals surface area contributed by atoms with Gasteiger partial charge in [0.1, 0.15) is 5.54 Å². The Morgan fingerprint density at radius 1 is 0.720 bits per heavy atom. The van der Waals surface area contributed by atoms with Crippen molar-refractivity contribution in [1.82, 2.24) is 0 Å². The number of rotatable bonds is 3. The molecule has 0 spiro atoms. The molecule has 1 aliphatic rings. The van der Waals surface area contributed by atoms with Crippen LogP contribution in [0.15, 0.2) is 92.9 Å². The molecule has 124 valence electrons. The van der Waals surface area contributed by atoms with Gasteiger partial charge in [0, 0.05) is 21.6 Å². The van der Waals surface area contributed by atoms with Crippen molar-refractivity contribution in [2.45, 2.75) is 12.0 Å². The number of para-hydroxylation sites is 1. The van der Waals surface area contributed by atoms with E-state index in [9.17, 15) is 0 Å². The summed E-state index contributed by atoms with van der Waals surface area (Å²) in [6.45, 7) is 0. The maximum atomic E-state index is 4.74. The standard InChI is InChI=1S/C21H16Br2N2/c22-18-10-6-16(7-11-18)21(17-8-12-19(23)13-9-17)14-15-24-25(21)20-4-2-1-3-5-20/h1-13,15H,14H2. The zero-order chi connectivity index (χ0) is 17.3. The second-order valence-corrected chi connectivity index (χ2v) is 7.85. The molecule has 0 aromatic heterocycles. The molecule has 0 unspecified atom stereocenters. The Morgan fingerprint density at radius 3 is 1.76 bits per heavy atom. The lowest BCUT2D eigenvalue weighted by molar-refractivity contribution is 0.534. The first kappa shape index (κ1) is 16.6. The quantitative estimate of drug-likeness (QED) is 0.449. The molecule has 3 aromatic rings. The van der Waals surface area contributed by atoms with Gasteiger partial charge in [0.25, 0.3) is 0 Å². The second kappa shape index (κ2) is 6.77. The zero-order valence-corrected chi connectivity index (χ0v) is 16.6. The molecule has 0 N–H and O–H groups in total. The molecule has 4 rings (SSSR count). The summed E-state index contributed by atoms with van der Waals surface area (Å²) in [7, 11) is 0. The number of hydrogen-bond acceptors (Lipinski definition) is 2. The molecule has 0 radical (unpaired) electrons. The number of hydrazone groups is 1.